The SMILES string of the molecule is COC(=O)[C@H](Nc1ccn(C2O[C@@](CO)(N=[N+]=[N-])C(O)[C@@H]2F)c(=O)n1)C(C)C. The van der Waals surface area contributed by atoms with Crippen LogP contribution in [0.5, 0.6) is 0 Å². The first-order valence-electron chi connectivity index (χ1n) is 8.31. The average molecular weight is 400 g/mol. The van der Waals surface area contributed by atoms with Crippen LogP contribution in [-0.4, -0.2) is 63.5 Å². The molecule has 2 rings (SSSR count). The van der Waals surface area contributed by atoms with Gasteiger partial charge >= 0.3 is 11.7 Å². The van der Waals surface area contributed by atoms with Crippen molar-refractivity contribution in [2.45, 2.75) is 44.1 Å². The fourth-order valence-corrected chi connectivity index (χ4v) is 2.75. The molecule has 1 aliphatic heterocycles. The summed E-state index contributed by atoms with van der Waals surface area (Å²) in [5.74, 6) is -0.675. The van der Waals surface area contributed by atoms with Gasteiger partial charge in [-0.25, -0.2) is 14.0 Å². The number of aliphatic hydroxyl groups excluding tert-OH is 2. The molecular formula is C15H21FN6O6. The molecule has 1 saturated heterocycles. The summed E-state index contributed by atoms with van der Waals surface area (Å²) in [6.45, 7) is 2.54. The summed E-state index contributed by atoms with van der Waals surface area (Å²) in [7, 11) is 1.23. The maximum absolute atomic E-state index is 14.5. The minimum atomic E-state index is -2.26. The molecule has 1 aromatic heterocycles. The van der Waals surface area contributed by atoms with Gasteiger partial charge in [0, 0.05) is 11.1 Å². The van der Waals surface area contributed by atoms with Gasteiger partial charge in [-0.3, -0.25) is 4.57 Å². The number of nitrogens with zero attached hydrogens (tertiary/aromatic N) is 5. The Kier molecular flexibility index (Phi) is 6.56. The van der Waals surface area contributed by atoms with Gasteiger partial charge in [0.1, 0.15) is 18.0 Å². The molecule has 0 saturated carbocycles. The monoisotopic (exact) mass is 400 g/mol. The number of aliphatic hydroxyl groups is 2. The van der Waals surface area contributed by atoms with Crippen molar-refractivity contribution in [3.05, 3.63) is 33.2 Å². The van der Waals surface area contributed by atoms with Crippen LogP contribution in [0.1, 0.15) is 20.1 Å². The predicted molar refractivity (Wildman–Crippen MR) is 92.7 cm³/mol. The summed E-state index contributed by atoms with van der Waals surface area (Å²) >= 11 is 0. The molecule has 5 atom stereocenters. The van der Waals surface area contributed by atoms with Crippen LogP contribution in [0, 0.1) is 5.92 Å². The highest BCUT2D eigenvalue weighted by Gasteiger charge is 2.56. The largest absolute Gasteiger partial charge is 0.467 e. The standard InChI is InChI=1S/C15H21FN6O6/c1-7(2)10(13(25)27-3)18-8-4-5-22(14(26)19-8)12-9(16)11(24)15(6-23,28-12)20-21-17/h4-5,7,9-12,23-24H,6H2,1-3H3,(H,18,19,26)/t9-,10+,11?,12?,15+/m0/s1. The van der Waals surface area contributed by atoms with Crippen molar-refractivity contribution in [2.24, 2.45) is 11.0 Å². The Morgan fingerprint density at radius 3 is 2.82 bits per heavy atom. The van der Waals surface area contributed by atoms with Gasteiger partial charge < -0.3 is 25.0 Å². The van der Waals surface area contributed by atoms with Crippen molar-refractivity contribution in [3.63, 3.8) is 0 Å². The number of halogens is 1. The number of ether oxygens (including phenoxy) is 2. The second-order valence-corrected chi connectivity index (χ2v) is 6.48. The molecule has 1 aliphatic rings. The zero-order chi connectivity index (χ0) is 21.1. The molecule has 2 unspecified atom stereocenters. The van der Waals surface area contributed by atoms with E-state index in [4.69, 9.17) is 15.0 Å². The number of aromatic nitrogens is 2. The molecule has 1 fully saturated rings. The lowest BCUT2D eigenvalue weighted by atomic mass is 10.0. The molecule has 0 bridgehead atoms. The van der Waals surface area contributed by atoms with Crippen LogP contribution >= 0.6 is 0 Å². The number of alkyl halides is 1. The van der Waals surface area contributed by atoms with Gasteiger partial charge in [-0.2, -0.15) is 4.98 Å². The molecule has 13 heteroatoms. The highest BCUT2D eigenvalue weighted by atomic mass is 19.1. The number of azide groups is 1. The van der Waals surface area contributed by atoms with Crippen molar-refractivity contribution < 1.29 is 28.9 Å². The Morgan fingerprint density at radius 2 is 2.32 bits per heavy atom. The smallest absolute Gasteiger partial charge is 0.351 e. The third-order valence-electron chi connectivity index (χ3n) is 4.33. The number of anilines is 1. The number of carbonyl (C=O) groups is 1. The van der Waals surface area contributed by atoms with Crippen molar-refractivity contribution in [3.8, 4) is 0 Å². The molecule has 0 spiro atoms. The Labute approximate surface area is 158 Å². The topological polar surface area (TPSA) is 172 Å². The van der Waals surface area contributed by atoms with E-state index in [-0.39, 0.29) is 11.7 Å². The summed E-state index contributed by atoms with van der Waals surface area (Å²) in [5.41, 5.74) is 5.36. The molecule has 0 aliphatic carbocycles. The van der Waals surface area contributed by atoms with Crippen LogP contribution in [-0.2, 0) is 14.3 Å². The number of carbonyl (C=O) groups excluding carboxylic acids is 1. The number of nitrogens with one attached hydrogen (secondary N) is 1. The molecule has 12 nitrogen and oxygen atoms in total. The van der Waals surface area contributed by atoms with Crippen LogP contribution in [0.15, 0.2) is 22.2 Å². The number of methoxy groups -OCH3 is 1. The second-order valence-electron chi connectivity index (χ2n) is 6.48. The summed E-state index contributed by atoms with van der Waals surface area (Å²) in [5, 5.41) is 25.2. The van der Waals surface area contributed by atoms with Crippen LogP contribution < -0.4 is 11.0 Å². The van der Waals surface area contributed by atoms with Crippen LogP contribution in [0.2, 0.25) is 0 Å². The number of rotatable bonds is 7. The molecule has 1 aromatic rings. The molecule has 0 amide bonds. The van der Waals surface area contributed by atoms with E-state index in [2.05, 4.69) is 20.3 Å². The summed E-state index contributed by atoms with van der Waals surface area (Å²) in [4.78, 5) is 30.3. The first-order valence-corrected chi connectivity index (χ1v) is 8.31. The van der Waals surface area contributed by atoms with E-state index in [0.717, 1.165) is 10.8 Å². The molecular weight excluding hydrogens is 379 g/mol. The Hall–Kier alpha value is -2.73. The highest BCUT2D eigenvalue weighted by molar-refractivity contribution is 5.79. The van der Waals surface area contributed by atoms with E-state index >= 15 is 0 Å². The van der Waals surface area contributed by atoms with E-state index in [0.29, 0.717) is 0 Å². The van der Waals surface area contributed by atoms with Crippen LogP contribution in [0.4, 0.5) is 10.2 Å². The van der Waals surface area contributed by atoms with Gasteiger partial charge in [0.05, 0.1) is 13.7 Å². The number of esters is 1. The summed E-state index contributed by atoms with van der Waals surface area (Å²) < 4.78 is 25.1. The van der Waals surface area contributed by atoms with Crippen molar-refractivity contribution >= 4 is 11.8 Å². The van der Waals surface area contributed by atoms with Crippen LogP contribution in [0.3, 0.4) is 0 Å². The third kappa shape index (κ3) is 3.92. The summed E-state index contributed by atoms with van der Waals surface area (Å²) in [6, 6.07) is 0.535. The fourth-order valence-electron chi connectivity index (χ4n) is 2.75. The van der Waals surface area contributed by atoms with Crippen LogP contribution in [0.25, 0.3) is 10.4 Å². The van der Waals surface area contributed by atoms with Gasteiger partial charge in [-0.15, -0.1) is 0 Å². The lowest BCUT2D eigenvalue weighted by Gasteiger charge is -2.23. The zero-order valence-electron chi connectivity index (χ0n) is 15.4. The number of hydrogen-bond donors (Lipinski definition) is 3. The van der Waals surface area contributed by atoms with Gasteiger partial charge in [-0.1, -0.05) is 19.0 Å². The first kappa shape index (κ1) is 21.6. The van der Waals surface area contributed by atoms with Gasteiger partial charge in [0.25, 0.3) is 0 Å². The first-order chi connectivity index (χ1) is 13.2. The zero-order valence-corrected chi connectivity index (χ0v) is 15.4. The normalized spacial score (nSPS) is 27.9. The second kappa shape index (κ2) is 8.52. The van der Waals surface area contributed by atoms with Gasteiger partial charge in [0.2, 0.25) is 5.72 Å². The molecule has 0 radical (unpaired) electrons. The molecule has 0 aromatic carbocycles. The fraction of sp³-hybridized carbons (Fsp3) is 0.667. The Morgan fingerprint density at radius 1 is 1.64 bits per heavy atom. The van der Waals surface area contributed by atoms with E-state index in [1.54, 1.807) is 13.8 Å². The third-order valence-corrected chi connectivity index (χ3v) is 4.33. The van der Waals surface area contributed by atoms with E-state index in [1.165, 1.54) is 13.2 Å². The lowest BCUT2D eigenvalue weighted by Crippen LogP contribution is -2.43. The van der Waals surface area contributed by atoms with E-state index in [1.807, 2.05) is 0 Å². The Balaban J connectivity index is 2.31. The maximum Gasteiger partial charge on any atom is 0.351 e. The highest BCUT2D eigenvalue weighted by Crippen LogP contribution is 2.39. The minimum Gasteiger partial charge on any atom is -0.467 e. The molecule has 28 heavy (non-hydrogen) atoms. The summed E-state index contributed by atoms with van der Waals surface area (Å²) in [6.07, 6.45) is -4.70. The van der Waals surface area contributed by atoms with Gasteiger partial charge in [-0.05, 0) is 17.5 Å². The lowest BCUT2D eigenvalue weighted by molar-refractivity contribution is -0.142. The average Bonchev–Trinajstić information content (AvgIpc) is 2.91. The van der Waals surface area contributed by atoms with Crippen molar-refractivity contribution in [1.29, 1.82) is 0 Å². The number of hydrogen-bond acceptors (Lipinski definition) is 9. The maximum atomic E-state index is 14.5. The Bertz CT molecular complexity index is 827. The van der Waals surface area contributed by atoms with Crippen molar-refractivity contribution in [1.82, 2.24) is 9.55 Å². The van der Waals surface area contributed by atoms with Crippen molar-refractivity contribution in [2.75, 3.05) is 19.0 Å². The quantitative estimate of drug-likeness (QED) is 0.250. The molecule has 3 N–H and O–H groups in total. The minimum absolute atomic E-state index is 0.0442. The van der Waals surface area contributed by atoms with E-state index < -0.39 is 48.5 Å². The van der Waals surface area contributed by atoms with E-state index in [9.17, 15) is 24.2 Å². The molecule has 2 heterocycles. The molecule has 154 valence electrons. The predicted octanol–water partition coefficient (Wildman–Crippen LogP) is 0.0795. The van der Waals surface area contributed by atoms with Gasteiger partial charge in [0.15, 0.2) is 12.4 Å².